The predicted octanol–water partition coefficient (Wildman–Crippen LogP) is 1.37. The van der Waals surface area contributed by atoms with Gasteiger partial charge in [-0.25, -0.2) is 0 Å². The van der Waals surface area contributed by atoms with Crippen LogP contribution in [0.1, 0.15) is 10.4 Å². The van der Waals surface area contributed by atoms with E-state index in [2.05, 4.69) is 4.98 Å². The zero-order valence-electron chi connectivity index (χ0n) is 8.69. The Bertz CT molecular complexity index is 798. The van der Waals surface area contributed by atoms with E-state index in [-0.39, 0.29) is 5.56 Å². The number of rotatable bonds is 1. The maximum atomic E-state index is 11.5. The van der Waals surface area contributed by atoms with Crippen molar-refractivity contribution in [3.05, 3.63) is 46.2 Å². The van der Waals surface area contributed by atoms with Crippen molar-refractivity contribution >= 4 is 28.0 Å². The quantitative estimate of drug-likeness (QED) is 0.659. The molecule has 0 fully saturated rings. The third kappa shape index (κ3) is 1.32. The molecular weight excluding hydrogens is 220 g/mol. The van der Waals surface area contributed by atoms with E-state index in [4.69, 9.17) is 10.2 Å². The maximum Gasteiger partial charge on any atom is 0.263 e. The number of H-pyrrole nitrogens is 1. The van der Waals surface area contributed by atoms with Gasteiger partial charge in [0, 0.05) is 10.8 Å². The zero-order valence-corrected chi connectivity index (χ0v) is 8.69. The Labute approximate surface area is 94.8 Å². The van der Waals surface area contributed by atoms with E-state index in [0.29, 0.717) is 16.7 Å². The van der Waals surface area contributed by atoms with Crippen LogP contribution < -0.4 is 11.3 Å². The molecule has 3 N–H and O–H groups in total. The molecule has 0 saturated heterocycles. The molecule has 5 heteroatoms. The van der Waals surface area contributed by atoms with E-state index >= 15 is 0 Å². The summed E-state index contributed by atoms with van der Waals surface area (Å²) < 4.78 is 5.46. The topological polar surface area (TPSA) is 89.1 Å². The maximum absolute atomic E-state index is 11.5. The lowest BCUT2D eigenvalue weighted by molar-refractivity contribution is 0.0999. The predicted molar refractivity (Wildman–Crippen MR) is 62.9 cm³/mol. The second-order valence-electron chi connectivity index (χ2n) is 3.72. The summed E-state index contributed by atoms with van der Waals surface area (Å²) in [5.74, 6) is -0.751. The monoisotopic (exact) mass is 228 g/mol. The number of aromatic nitrogens is 1. The standard InChI is InChI=1S/C12H8N2O3/c13-10(15)8-5-7-6-3-1-2-4-9(6)17-12(7)14-11(8)16/h1-5H,(H2,13,15)(H,14,16). The Morgan fingerprint density at radius 3 is 2.76 bits per heavy atom. The minimum atomic E-state index is -0.751. The Balaban J connectivity index is 2.52. The van der Waals surface area contributed by atoms with E-state index < -0.39 is 11.5 Å². The van der Waals surface area contributed by atoms with Crippen LogP contribution in [0.25, 0.3) is 22.1 Å². The number of furan rings is 1. The van der Waals surface area contributed by atoms with E-state index in [0.717, 1.165) is 5.39 Å². The minimum absolute atomic E-state index is 0.0657. The molecule has 0 aliphatic carbocycles. The molecule has 0 saturated carbocycles. The average Bonchev–Trinajstić information content (AvgIpc) is 2.64. The van der Waals surface area contributed by atoms with Crippen LogP contribution in [0.15, 0.2) is 39.5 Å². The van der Waals surface area contributed by atoms with E-state index in [1.807, 2.05) is 18.2 Å². The summed E-state index contributed by atoms with van der Waals surface area (Å²) in [7, 11) is 0. The highest BCUT2D eigenvalue weighted by atomic mass is 16.3. The molecule has 0 atom stereocenters. The van der Waals surface area contributed by atoms with Crippen molar-refractivity contribution in [2.45, 2.75) is 0 Å². The summed E-state index contributed by atoms with van der Waals surface area (Å²) in [5, 5.41) is 1.51. The number of carbonyl (C=O) groups is 1. The molecule has 0 aliphatic heterocycles. The molecule has 0 bridgehead atoms. The Hall–Kier alpha value is -2.56. The van der Waals surface area contributed by atoms with Crippen LogP contribution in [-0.4, -0.2) is 10.9 Å². The number of pyridine rings is 1. The summed E-state index contributed by atoms with van der Waals surface area (Å²) in [6.07, 6.45) is 0. The molecule has 1 aromatic carbocycles. The number of amides is 1. The first-order valence-corrected chi connectivity index (χ1v) is 5.01. The molecule has 2 aromatic heterocycles. The van der Waals surface area contributed by atoms with Crippen molar-refractivity contribution in [2.24, 2.45) is 5.73 Å². The van der Waals surface area contributed by atoms with Gasteiger partial charge in [0.1, 0.15) is 11.1 Å². The molecule has 1 amide bonds. The first-order valence-electron chi connectivity index (χ1n) is 5.01. The van der Waals surface area contributed by atoms with Crippen LogP contribution in [0.5, 0.6) is 0 Å². The number of nitrogens with one attached hydrogen (secondary N) is 1. The molecule has 0 radical (unpaired) electrons. The van der Waals surface area contributed by atoms with Crippen molar-refractivity contribution in [3.63, 3.8) is 0 Å². The fourth-order valence-corrected chi connectivity index (χ4v) is 1.86. The second kappa shape index (κ2) is 3.21. The third-order valence-corrected chi connectivity index (χ3v) is 2.66. The lowest BCUT2D eigenvalue weighted by Gasteiger charge is -1.94. The molecule has 0 aliphatic rings. The number of primary amides is 1. The van der Waals surface area contributed by atoms with E-state index in [9.17, 15) is 9.59 Å². The molecule has 5 nitrogen and oxygen atoms in total. The van der Waals surface area contributed by atoms with Gasteiger partial charge in [-0.2, -0.15) is 0 Å². The van der Waals surface area contributed by atoms with Gasteiger partial charge in [-0.3, -0.25) is 14.6 Å². The Morgan fingerprint density at radius 2 is 2.00 bits per heavy atom. The molecule has 3 aromatic rings. The van der Waals surface area contributed by atoms with Gasteiger partial charge in [0.05, 0.1) is 0 Å². The van der Waals surface area contributed by atoms with Crippen molar-refractivity contribution in [1.29, 1.82) is 0 Å². The summed E-state index contributed by atoms with van der Waals surface area (Å²) in [5.41, 5.74) is 5.53. The van der Waals surface area contributed by atoms with Gasteiger partial charge >= 0.3 is 0 Å². The summed E-state index contributed by atoms with van der Waals surface area (Å²) in [6.45, 7) is 0. The smallest absolute Gasteiger partial charge is 0.263 e. The minimum Gasteiger partial charge on any atom is -0.440 e. The molecule has 2 heterocycles. The highest BCUT2D eigenvalue weighted by Gasteiger charge is 2.12. The number of para-hydroxylation sites is 1. The summed E-state index contributed by atoms with van der Waals surface area (Å²) in [4.78, 5) is 25.1. The van der Waals surface area contributed by atoms with Gasteiger partial charge in [0.25, 0.3) is 11.5 Å². The lowest BCUT2D eigenvalue weighted by Crippen LogP contribution is -2.22. The molecule has 3 rings (SSSR count). The number of aromatic amines is 1. The van der Waals surface area contributed by atoms with Crippen molar-refractivity contribution < 1.29 is 9.21 Å². The Kier molecular flexibility index (Phi) is 1.82. The largest absolute Gasteiger partial charge is 0.440 e. The SMILES string of the molecule is NC(=O)c1cc2c([nH]c1=O)oc1ccccc12. The van der Waals surface area contributed by atoms with Crippen molar-refractivity contribution in [3.8, 4) is 0 Å². The number of carbonyl (C=O) groups excluding carboxylic acids is 1. The van der Waals surface area contributed by atoms with Gasteiger partial charge in [-0.05, 0) is 12.1 Å². The third-order valence-electron chi connectivity index (χ3n) is 2.66. The molecule has 0 unspecified atom stereocenters. The normalized spacial score (nSPS) is 11.1. The number of hydrogen-bond acceptors (Lipinski definition) is 3. The zero-order chi connectivity index (χ0) is 12.0. The molecule has 84 valence electrons. The number of fused-ring (bicyclic) bond motifs is 3. The summed E-state index contributed by atoms with van der Waals surface area (Å²) >= 11 is 0. The van der Waals surface area contributed by atoms with Gasteiger partial charge in [-0.15, -0.1) is 0 Å². The Morgan fingerprint density at radius 1 is 1.24 bits per heavy atom. The fraction of sp³-hybridized carbons (Fsp3) is 0. The highest BCUT2D eigenvalue weighted by Crippen LogP contribution is 2.26. The van der Waals surface area contributed by atoms with Gasteiger partial charge in [0.2, 0.25) is 5.71 Å². The van der Waals surface area contributed by atoms with Gasteiger partial charge in [0.15, 0.2) is 0 Å². The van der Waals surface area contributed by atoms with Gasteiger partial charge in [-0.1, -0.05) is 18.2 Å². The number of hydrogen-bond donors (Lipinski definition) is 2. The van der Waals surface area contributed by atoms with Crippen LogP contribution >= 0.6 is 0 Å². The van der Waals surface area contributed by atoms with E-state index in [1.54, 1.807) is 6.07 Å². The first-order chi connectivity index (χ1) is 8.16. The van der Waals surface area contributed by atoms with Crippen LogP contribution in [-0.2, 0) is 0 Å². The number of nitrogens with two attached hydrogens (primary N) is 1. The average molecular weight is 228 g/mol. The number of benzene rings is 1. The molecular formula is C12H8N2O3. The summed E-state index contributed by atoms with van der Waals surface area (Å²) in [6, 6.07) is 8.79. The van der Waals surface area contributed by atoms with Crippen LogP contribution in [0, 0.1) is 0 Å². The molecule has 17 heavy (non-hydrogen) atoms. The van der Waals surface area contributed by atoms with Crippen molar-refractivity contribution in [1.82, 2.24) is 4.98 Å². The van der Waals surface area contributed by atoms with E-state index in [1.165, 1.54) is 6.07 Å². The fourth-order valence-electron chi connectivity index (χ4n) is 1.86. The van der Waals surface area contributed by atoms with Crippen LogP contribution in [0.4, 0.5) is 0 Å². The lowest BCUT2D eigenvalue weighted by atomic mass is 10.1. The van der Waals surface area contributed by atoms with Crippen LogP contribution in [0.3, 0.4) is 0 Å². The second-order valence-corrected chi connectivity index (χ2v) is 3.72. The molecule has 0 spiro atoms. The van der Waals surface area contributed by atoms with Crippen molar-refractivity contribution in [2.75, 3.05) is 0 Å². The van der Waals surface area contributed by atoms with Crippen LogP contribution in [0.2, 0.25) is 0 Å². The van der Waals surface area contributed by atoms with Gasteiger partial charge < -0.3 is 10.2 Å². The first kappa shape index (κ1) is 9.65. The highest BCUT2D eigenvalue weighted by molar-refractivity contribution is 6.06.